The van der Waals surface area contributed by atoms with Gasteiger partial charge in [-0.25, -0.2) is 9.31 Å². The fourth-order valence-corrected chi connectivity index (χ4v) is 3.16. The van der Waals surface area contributed by atoms with Crippen LogP contribution in [0.3, 0.4) is 0 Å². The van der Waals surface area contributed by atoms with E-state index in [1.54, 1.807) is 23.1 Å². The number of hydrogen-bond acceptors (Lipinski definition) is 5. The van der Waals surface area contributed by atoms with Crippen molar-refractivity contribution in [2.45, 2.75) is 58.2 Å². The molecule has 8 heteroatoms. The Labute approximate surface area is 157 Å². The number of aromatic nitrogens is 3. The maximum Gasteiger partial charge on any atom is 0.433 e. The largest absolute Gasteiger partial charge is 0.473 e. The molecule has 0 aromatic carbocycles. The second-order valence-corrected chi connectivity index (χ2v) is 7.84. The van der Waals surface area contributed by atoms with Crippen molar-refractivity contribution in [3.63, 3.8) is 0 Å². The molecule has 2 aromatic heterocycles. The van der Waals surface area contributed by atoms with E-state index in [2.05, 4.69) is 15.1 Å². The summed E-state index contributed by atoms with van der Waals surface area (Å²) in [6, 6.07) is 1.84. The molecule has 0 radical (unpaired) electrons. The van der Waals surface area contributed by atoms with E-state index in [0.29, 0.717) is 11.0 Å². The highest BCUT2D eigenvalue weighted by Gasteiger charge is 2.24. The number of ether oxygens (including phenoxy) is 2. The first kappa shape index (κ1) is 18.6. The van der Waals surface area contributed by atoms with Gasteiger partial charge in [0.25, 0.3) is 0 Å². The summed E-state index contributed by atoms with van der Waals surface area (Å²) in [6.07, 6.45) is 8.08. The molecule has 2 heterocycles. The molecule has 1 unspecified atom stereocenters. The van der Waals surface area contributed by atoms with Crippen LogP contribution in [0.1, 0.15) is 46.5 Å². The van der Waals surface area contributed by atoms with Gasteiger partial charge in [-0.2, -0.15) is 15.1 Å². The summed E-state index contributed by atoms with van der Waals surface area (Å²) in [5.74, 6) is 0.645. The molecule has 0 spiro atoms. The summed E-state index contributed by atoms with van der Waals surface area (Å²) in [4.78, 5) is 20.0. The van der Waals surface area contributed by atoms with Gasteiger partial charge in [0.05, 0.1) is 12.4 Å². The topological polar surface area (TPSA) is 78.1 Å². The Morgan fingerprint density at radius 2 is 2.23 bits per heavy atom. The number of hydrogen-bond donors (Lipinski definition) is 0. The summed E-state index contributed by atoms with van der Waals surface area (Å²) in [7, 11) is 0. The number of carbonyl (C=O) groups is 1. The molecule has 1 saturated carbocycles. The van der Waals surface area contributed by atoms with Crippen LogP contribution in [0.5, 0.6) is 5.88 Å². The van der Waals surface area contributed by atoms with E-state index in [1.807, 2.05) is 26.8 Å². The van der Waals surface area contributed by atoms with Gasteiger partial charge in [0.15, 0.2) is 5.15 Å². The van der Waals surface area contributed by atoms with Crippen LogP contribution in [-0.4, -0.2) is 38.6 Å². The number of halogens is 1. The first-order valence-electron chi connectivity index (χ1n) is 8.74. The smallest absolute Gasteiger partial charge is 0.433 e. The highest BCUT2D eigenvalue weighted by atomic mass is 35.5. The van der Waals surface area contributed by atoms with E-state index in [4.69, 9.17) is 21.1 Å². The third-order valence-corrected chi connectivity index (χ3v) is 4.24. The van der Waals surface area contributed by atoms with E-state index < -0.39 is 11.7 Å². The van der Waals surface area contributed by atoms with Gasteiger partial charge in [0, 0.05) is 6.21 Å². The molecular weight excluding hydrogens is 356 g/mol. The quantitative estimate of drug-likeness (QED) is 0.743. The third-order valence-electron chi connectivity index (χ3n) is 4.06. The molecule has 140 valence electrons. The summed E-state index contributed by atoms with van der Waals surface area (Å²) >= 11 is 6.04. The van der Waals surface area contributed by atoms with Gasteiger partial charge >= 0.3 is 6.09 Å². The Hall–Kier alpha value is -2.15. The zero-order valence-corrected chi connectivity index (χ0v) is 15.9. The zero-order valence-electron chi connectivity index (χ0n) is 15.2. The molecule has 3 rings (SSSR count). The molecule has 1 fully saturated rings. The Balaban J connectivity index is 1.63. The number of amides is 1. The minimum Gasteiger partial charge on any atom is -0.473 e. The van der Waals surface area contributed by atoms with Crippen LogP contribution in [0.2, 0.25) is 5.15 Å². The van der Waals surface area contributed by atoms with Crippen LogP contribution in [0, 0.1) is 5.92 Å². The van der Waals surface area contributed by atoms with Crippen LogP contribution >= 0.6 is 11.6 Å². The van der Waals surface area contributed by atoms with Crippen LogP contribution < -0.4 is 4.74 Å². The first-order valence-corrected chi connectivity index (χ1v) is 9.12. The van der Waals surface area contributed by atoms with Gasteiger partial charge in [-0.1, -0.05) is 11.6 Å². The average Bonchev–Trinajstić information content (AvgIpc) is 3.00. The molecule has 1 amide bonds. The molecular formula is C18H23ClN4O3. The lowest BCUT2D eigenvalue weighted by Crippen LogP contribution is -2.27. The number of rotatable bonds is 3. The minimum absolute atomic E-state index is 0.0106. The van der Waals surface area contributed by atoms with Crippen LogP contribution in [0.25, 0.3) is 5.52 Å². The predicted octanol–water partition coefficient (Wildman–Crippen LogP) is 4.33. The SMILES string of the molecule is CC(C)(C)OC(=O)/N=C\C1CCC[C@@H](Oc2nc(Cl)cn3nccc23)C1. The van der Waals surface area contributed by atoms with E-state index >= 15 is 0 Å². The maximum absolute atomic E-state index is 11.7. The van der Waals surface area contributed by atoms with Crippen molar-refractivity contribution >= 4 is 29.4 Å². The fraction of sp³-hybridized carbons (Fsp3) is 0.556. The Morgan fingerprint density at radius 3 is 3.00 bits per heavy atom. The highest BCUT2D eigenvalue weighted by Crippen LogP contribution is 2.29. The van der Waals surface area contributed by atoms with Crippen molar-refractivity contribution in [3.8, 4) is 5.88 Å². The molecule has 1 aliphatic rings. The zero-order chi connectivity index (χ0) is 18.7. The average molecular weight is 379 g/mol. The van der Waals surface area contributed by atoms with E-state index in [0.717, 1.165) is 31.2 Å². The number of nitrogens with zero attached hydrogens (tertiary/aromatic N) is 4. The van der Waals surface area contributed by atoms with E-state index in [1.165, 1.54) is 0 Å². The predicted molar refractivity (Wildman–Crippen MR) is 99.1 cm³/mol. The lowest BCUT2D eigenvalue weighted by molar-refractivity contribution is 0.0603. The van der Waals surface area contributed by atoms with E-state index in [9.17, 15) is 4.79 Å². The molecule has 0 bridgehead atoms. The van der Waals surface area contributed by atoms with Gasteiger partial charge in [0.1, 0.15) is 17.2 Å². The lowest BCUT2D eigenvalue weighted by Gasteiger charge is -2.27. The molecule has 0 aliphatic heterocycles. The minimum atomic E-state index is -0.557. The van der Waals surface area contributed by atoms with Gasteiger partial charge in [-0.15, -0.1) is 0 Å². The molecule has 0 N–H and O–H groups in total. The molecule has 2 aromatic rings. The van der Waals surface area contributed by atoms with Crippen molar-refractivity contribution < 1.29 is 14.3 Å². The van der Waals surface area contributed by atoms with Crippen molar-refractivity contribution in [2.24, 2.45) is 10.9 Å². The van der Waals surface area contributed by atoms with Crippen LogP contribution in [-0.2, 0) is 4.74 Å². The van der Waals surface area contributed by atoms with Gasteiger partial charge in [0.2, 0.25) is 5.88 Å². The lowest BCUT2D eigenvalue weighted by atomic mass is 9.88. The fourth-order valence-electron chi connectivity index (χ4n) is 2.99. The van der Waals surface area contributed by atoms with Crippen LogP contribution in [0.15, 0.2) is 23.5 Å². The number of aliphatic imine (C=N–C) groups is 1. The molecule has 26 heavy (non-hydrogen) atoms. The van der Waals surface area contributed by atoms with Crippen molar-refractivity contribution in [3.05, 3.63) is 23.6 Å². The van der Waals surface area contributed by atoms with Gasteiger partial charge in [-0.3, -0.25) is 0 Å². The maximum atomic E-state index is 11.7. The van der Waals surface area contributed by atoms with Gasteiger partial charge in [-0.05, 0) is 58.4 Å². The molecule has 7 nitrogen and oxygen atoms in total. The normalized spacial score (nSPS) is 21.2. The second-order valence-electron chi connectivity index (χ2n) is 7.45. The molecule has 1 aliphatic carbocycles. The second kappa shape index (κ2) is 7.61. The third kappa shape index (κ3) is 4.94. The number of carbonyl (C=O) groups excluding carboxylic acids is 1. The standard InChI is InChI=1S/C18H23ClN4O3/c1-18(2,3)26-17(24)20-10-12-5-4-6-13(9-12)25-16-14-7-8-21-23(14)11-15(19)22-16/h7-8,10-13H,4-6,9H2,1-3H3/b20-10-/t12?,13-/m1/s1. The molecule has 0 saturated heterocycles. The Kier molecular flexibility index (Phi) is 5.46. The highest BCUT2D eigenvalue weighted by molar-refractivity contribution is 6.29. The molecule has 2 atom stereocenters. The first-order chi connectivity index (χ1) is 12.3. The summed E-state index contributed by atoms with van der Waals surface area (Å²) in [6.45, 7) is 5.46. The van der Waals surface area contributed by atoms with Crippen LogP contribution in [0.4, 0.5) is 4.79 Å². The van der Waals surface area contributed by atoms with Crippen molar-refractivity contribution in [1.29, 1.82) is 0 Å². The van der Waals surface area contributed by atoms with E-state index in [-0.39, 0.29) is 12.0 Å². The van der Waals surface area contributed by atoms with Gasteiger partial charge < -0.3 is 9.47 Å². The van der Waals surface area contributed by atoms with Crippen molar-refractivity contribution in [1.82, 2.24) is 14.6 Å². The Bertz CT molecular complexity index is 812. The Morgan fingerprint density at radius 1 is 1.42 bits per heavy atom. The summed E-state index contributed by atoms with van der Waals surface area (Å²) < 4.78 is 12.9. The monoisotopic (exact) mass is 378 g/mol. The van der Waals surface area contributed by atoms with Crippen molar-refractivity contribution in [2.75, 3.05) is 0 Å². The number of fused-ring (bicyclic) bond motifs is 1. The summed E-state index contributed by atoms with van der Waals surface area (Å²) in [5, 5.41) is 4.49. The summed E-state index contributed by atoms with van der Waals surface area (Å²) in [5.41, 5.74) is 0.237.